The van der Waals surface area contributed by atoms with Gasteiger partial charge in [0.1, 0.15) is 0 Å². The first-order chi connectivity index (χ1) is 14.0. The van der Waals surface area contributed by atoms with E-state index in [1.165, 1.54) is 24.0 Å². The summed E-state index contributed by atoms with van der Waals surface area (Å²) >= 11 is 1.25. The summed E-state index contributed by atoms with van der Waals surface area (Å²) in [6.07, 6.45) is 3.55. The van der Waals surface area contributed by atoms with Crippen molar-refractivity contribution in [1.82, 2.24) is 4.98 Å². The van der Waals surface area contributed by atoms with Crippen LogP contribution in [0.3, 0.4) is 0 Å². The number of nitrogens with one attached hydrogen (secondary N) is 1. The lowest BCUT2D eigenvalue weighted by molar-refractivity contribution is -0.139. The zero-order valence-corrected chi connectivity index (χ0v) is 17.5. The Morgan fingerprint density at radius 3 is 2.76 bits per heavy atom. The molecule has 1 aromatic heterocycles. The lowest BCUT2D eigenvalue weighted by Gasteiger charge is -2.17. The maximum atomic E-state index is 12.6. The van der Waals surface area contributed by atoms with Gasteiger partial charge < -0.3 is 15.0 Å². The van der Waals surface area contributed by atoms with Crippen LogP contribution in [-0.4, -0.2) is 36.4 Å². The van der Waals surface area contributed by atoms with E-state index < -0.39 is 5.92 Å². The fourth-order valence-corrected chi connectivity index (χ4v) is 3.94. The first kappa shape index (κ1) is 21.0. The van der Waals surface area contributed by atoms with Crippen molar-refractivity contribution in [1.29, 1.82) is 0 Å². The molecule has 1 saturated heterocycles. The molecule has 7 nitrogen and oxygen atoms in total. The van der Waals surface area contributed by atoms with Gasteiger partial charge in [-0.05, 0) is 30.5 Å². The van der Waals surface area contributed by atoms with Crippen LogP contribution in [-0.2, 0) is 32.0 Å². The van der Waals surface area contributed by atoms with Gasteiger partial charge in [0.15, 0.2) is 5.13 Å². The van der Waals surface area contributed by atoms with Gasteiger partial charge in [0.05, 0.1) is 25.1 Å². The number of nitrogens with zero attached hydrogens (tertiary/aromatic N) is 2. The molecular weight excluding hydrogens is 390 g/mol. The molecule has 8 heteroatoms. The van der Waals surface area contributed by atoms with Crippen molar-refractivity contribution in [3.05, 3.63) is 40.9 Å². The minimum atomic E-state index is -0.435. The molecule has 0 radical (unpaired) electrons. The highest BCUT2D eigenvalue weighted by Crippen LogP contribution is 2.27. The number of amides is 2. The Morgan fingerprint density at radius 2 is 2.07 bits per heavy atom. The second-order valence-corrected chi connectivity index (χ2v) is 7.92. The molecule has 29 heavy (non-hydrogen) atoms. The topological polar surface area (TPSA) is 88.6 Å². The fraction of sp³-hybridized carbons (Fsp3) is 0.429. The summed E-state index contributed by atoms with van der Waals surface area (Å²) in [7, 11) is 1.32. The molecule has 2 amide bonds. The predicted molar refractivity (Wildman–Crippen MR) is 112 cm³/mol. The van der Waals surface area contributed by atoms with Crippen LogP contribution >= 0.6 is 11.3 Å². The molecule has 1 fully saturated rings. The van der Waals surface area contributed by atoms with E-state index in [0.717, 1.165) is 24.9 Å². The number of hydrogen-bond acceptors (Lipinski definition) is 6. The average molecular weight is 416 g/mol. The summed E-state index contributed by atoms with van der Waals surface area (Å²) in [4.78, 5) is 42.2. The van der Waals surface area contributed by atoms with Crippen LogP contribution in [0.4, 0.5) is 10.8 Å². The summed E-state index contributed by atoms with van der Waals surface area (Å²) < 4.78 is 4.61. The van der Waals surface area contributed by atoms with Crippen molar-refractivity contribution in [3.8, 4) is 0 Å². The monoisotopic (exact) mass is 415 g/mol. The molecule has 3 rings (SSSR count). The zero-order chi connectivity index (χ0) is 20.8. The molecule has 0 saturated carbocycles. The third-order valence-electron chi connectivity index (χ3n) is 4.90. The Kier molecular flexibility index (Phi) is 6.98. The SMILES string of the molecule is CCCCc1ccc(N2CC(C(=O)Nc3nc(CC(=O)OC)cs3)CC2=O)cc1. The van der Waals surface area contributed by atoms with Crippen LogP contribution in [0, 0.1) is 5.92 Å². The molecule has 2 heterocycles. The van der Waals surface area contributed by atoms with Gasteiger partial charge in [-0.2, -0.15) is 0 Å². The Labute approximate surface area is 174 Å². The van der Waals surface area contributed by atoms with Gasteiger partial charge >= 0.3 is 5.97 Å². The maximum absolute atomic E-state index is 12.6. The van der Waals surface area contributed by atoms with E-state index in [1.54, 1.807) is 10.3 Å². The molecule has 0 aliphatic carbocycles. The molecule has 1 N–H and O–H groups in total. The van der Waals surface area contributed by atoms with Crippen LogP contribution in [0.5, 0.6) is 0 Å². The average Bonchev–Trinajstić information content (AvgIpc) is 3.33. The molecule has 1 aliphatic rings. The number of thiazole rings is 1. The number of carbonyl (C=O) groups excluding carboxylic acids is 3. The van der Waals surface area contributed by atoms with E-state index in [4.69, 9.17) is 0 Å². The van der Waals surface area contributed by atoms with Crippen molar-refractivity contribution in [2.45, 2.75) is 39.0 Å². The van der Waals surface area contributed by atoms with Crippen LogP contribution in [0.2, 0.25) is 0 Å². The lowest BCUT2D eigenvalue weighted by atomic mass is 10.1. The van der Waals surface area contributed by atoms with E-state index in [0.29, 0.717) is 17.4 Å². The third-order valence-corrected chi connectivity index (χ3v) is 5.70. The highest BCUT2D eigenvalue weighted by atomic mass is 32.1. The minimum absolute atomic E-state index is 0.0584. The van der Waals surface area contributed by atoms with Crippen molar-refractivity contribution in [2.75, 3.05) is 23.9 Å². The number of benzene rings is 1. The fourth-order valence-electron chi connectivity index (χ4n) is 3.23. The normalized spacial score (nSPS) is 16.1. The number of aromatic nitrogens is 1. The van der Waals surface area contributed by atoms with Crippen LogP contribution in [0.25, 0.3) is 0 Å². The van der Waals surface area contributed by atoms with Crippen molar-refractivity contribution < 1.29 is 19.1 Å². The van der Waals surface area contributed by atoms with Gasteiger partial charge in [-0.25, -0.2) is 4.98 Å². The number of unbranched alkanes of at least 4 members (excludes halogenated alkanes) is 1. The Morgan fingerprint density at radius 1 is 1.31 bits per heavy atom. The van der Waals surface area contributed by atoms with Crippen LogP contribution in [0.15, 0.2) is 29.6 Å². The van der Waals surface area contributed by atoms with Gasteiger partial charge in [0, 0.05) is 24.0 Å². The number of methoxy groups -OCH3 is 1. The highest BCUT2D eigenvalue weighted by Gasteiger charge is 2.35. The van der Waals surface area contributed by atoms with Crippen molar-refractivity contribution >= 4 is 39.9 Å². The van der Waals surface area contributed by atoms with E-state index in [1.807, 2.05) is 24.3 Å². The van der Waals surface area contributed by atoms with Gasteiger partial charge in [0.25, 0.3) is 0 Å². The van der Waals surface area contributed by atoms with Crippen LogP contribution in [0.1, 0.15) is 37.4 Å². The Balaban J connectivity index is 1.58. The minimum Gasteiger partial charge on any atom is -0.469 e. The molecule has 1 aromatic carbocycles. The predicted octanol–water partition coefficient (Wildman–Crippen LogP) is 3.19. The summed E-state index contributed by atoms with van der Waals surface area (Å²) in [6.45, 7) is 2.51. The highest BCUT2D eigenvalue weighted by molar-refractivity contribution is 7.13. The van der Waals surface area contributed by atoms with E-state index >= 15 is 0 Å². The van der Waals surface area contributed by atoms with Crippen LogP contribution < -0.4 is 10.2 Å². The molecule has 2 aromatic rings. The molecule has 1 unspecified atom stereocenters. The van der Waals surface area contributed by atoms with E-state index in [9.17, 15) is 14.4 Å². The second-order valence-electron chi connectivity index (χ2n) is 7.06. The van der Waals surface area contributed by atoms with Gasteiger partial charge in [-0.1, -0.05) is 25.5 Å². The number of rotatable bonds is 8. The number of ether oxygens (including phenoxy) is 1. The summed E-state index contributed by atoms with van der Waals surface area (Å²) in [5.74, 6) is -1.11. The van der Waals surface area contributed by atoms with E-state index in [2.05, 4.69) is 22.0 Å². The second kappa shape index (κ2) is 9.65. The smallest absolute Gasteiger partial charge is 0.311 e. The number of anilines is 2. The third kappa shape index (κ3) is 5.41. The Bertz CT molecular complexity index is 878. The first-order valence-electron chi connectivity index (χ1n) is 9.71. The van der Waals surface area contributed by atoms with E-state index in [-0.39, 0.29) is 30.6 Å². The number of aryl methyl sites for hydroxylation is 1. The van der Waals surface area contributed by atoms with Gasteiger partial charge in [-0.3, -0.25) is 14.4 Å². The molecule has 0 spiro atoms. The van der Waals surface area contributed by atoms with Crippen molar-refractivity contribution in [3.63, 3.8) is 0 Å². The lowest BCUT2D eigenvalue weighted by Crippen LogP contribution is -2.28. The molecule has 0 bridgehead atoms. The van der Waals surface area contributed by atoms with Crippen molar-refractivity contribution in [2.24, 2.45) is 5.92 Å². The maximum Gasteiger partial charge on any atom is 0.311 e. The molecular formula is C21H25N3O4S. The standard InChI is InChI=1S/C21H25N3O4S/c1-3-4-5-14-6-8-17(9-7-14)24-12-15(10-18(24)25)20(27)23-21-22-16(13-29-21)11-19(26)28-2/h6-9,13,15H,3-5,10-12H2,1-2H3,(H,22,23,27). The first-order valence-corrected chi connectivity index (χ1v) is 10.6. The zero-order valence-electron chi connectivity index (χ0n) is 16.6. The Hall–Kier alpha value is -2.74. The molecule has 1 aliphatic heterocycles. The summed E-state index contributed by atoms with van der Waals surface area (Å²) in [5, 5.41) is 4.88. The summed E-state index contributed by atoms with van der Waals surface area (Å²) in [6, 6.07) is 7.99. The largest absolute Gasteiger partial charge is 0.469 e. The number of carbonyl (C=O) groups is 3. The number of esters is 1. The van der Waals surface area contributed by atoms with Gasteiger partial charge in [-0.15, -0.1) is 11.3 Å². The number of hydrogen-bond donors (Lipinski definition) is 1. The molecule has 1 atom stereocenters. The van der Waals surface area contributed by atoms with Gasteiger partial charge in [0.2, 0.25) is 11.8 Å². The molecule has 154 valence electrons. The summed E-state index contributed by atoms with van der Waals surface area (Å²) in [5.41, 5.74) is 2.62. The quantitative estimate of drug-likeness (QED) is 0.669.